The van der Waals surface area contributed by atoms with Gasteiger partial charge in [0.25, 0.3) is 5.91 Å². The smallest absolute Gasteiger partial charge is 0.291 e. The highest BCUT2D eigenvalue weighted by Gasteiger charge is 2.28. The number of Topliss-reactive ketones (excluding diaryl/α,β-unsaturated/α-hetero) is 1. The summed E-state index contributed by atoms with van der Waals surface area (Å²) in [5.74, 6) is -0.536. The number of nitrogens with one attached hydrogen (secondary N) is 1. The summed E-state index contributed by atoms with van der Waals surface area (Å²) in [6.45, 7) is 0.967. The summed E-state index contributed by atoms with van der Waals surface area (Å²) < 4.78 is 4.94. The Balaban J connectivity index is 2.05. The van der Waals surface area contributed by atoms with Crippen LogP contribution >= 0.6 is 0 Å². The second-order valence-corrected chi connectivity index (χ2v) is 4.00. The average Bonchev–Trinajstić information content (AvgIpc) is 2.91. The van der Waals surface area contributed by atoms with E-state index < -0.39 is 0 Å². The van der Waals surface area contributed by atoms with Gasteiger partial charge in [0.1, 0.15) is 0 Å². The van der Waals surface area contributed by atoms with Crippen molar-refractivity contribution < 1.29 is 14.0 Å². The summed E-state index contributed by atoms with van der Waals surface area (Å²) in [6, 6.07) is 0. The maximum Gasteiger partial charge on any atom is 0.291 e. The van der Waals surface area contributed by atoms with E-state index in [0.29, 0.717) is 13.1 Å². The van der Waals surface area contributed by atoms with Gasteiger partial charge < -0.3 is 14.7 Å². The predicted octanol–water partition coefficient (Wildman–Crippen LogP) is 0.745. The Hall–Kier alpha value is -1.98. The number of carbonyl (C=O) groups is 2. The van der Waals surface area contributed by atoms with Crippen molar-refractivity contribution in [3.63, 3.8) is 0 Å². The highest BCUT2D eigenvalue weighted by atomic mass is 16.3. The number of amides is 1. The number of hydrogen-bond acceptors (Lipinski definition) is 5. The summed E-state index contributed by atoms with van der Waals surface area (Å²) >= 11 is 0. The Labute approximate surface area is 98.1 Å². The lowest BCUT2D eigenvalue weighted by Crippen LogP contribution is -2.42. The zero-order valence-corrected chi connectivity index (χ0v) is 9.26. The number of piperidine rings is 1. The van der Waals surface area contributed by atoms with Crippen LogP contribution in [0.3, 0.4) is 0 Å². The molecule has 2 heterocycles. The molecule has 0 bridgehead atoms. The van der Waals surface area contributed by atoms with Crippen LogP contribution in [0.15, 0.2) is 17.0 Å². The first-order valence-corrected chi connectivity index (χ1v) is 5.44. The second-order valence-electron chi connectivity index (χ2n) is 4.00. The van der Waals surface area contributed by atoms with Gasteiger partial charge in [-0.15, -0.1) is 0 Å². The van der Waals surface area contributed by atoms with Crippen LogP contribution < -0.4 is 0 Å². The monoisotopic (exact) mass is 235 g/mol. The highest BCUT2D eigenvalue weighted by molar-refractivity contribution is 6.27. The largest absolute Gasteiger partial charge is 0.438 e. The summed E-state index contributed by atoms with van der Waals surface area (Å²) in [5, 5.41) is 6.95. The van der Waals surface area contributed by atoms with Gasteiger partial charge in [-0.2, -0.15) is 0 Å². The van der Waals surface area contributed by atoms with E-state index in [1.165, 1.54) is 12.6 Å². The van der Waals surface area contributed by atoms with E-state index in [1.807, 2.05) is 0 Å². The quantitative estimate of drug-likeness (QED) is 0.783. The first kappa shape index (κ1) is 11.5. The third kappa shape index (κ3) is 2.41. The summed E-state index contributed by atoms with van der Waals surface area (Å²) in [7, 11) is 0. The maximum absolute atomic E-state index is 11.9. The van der Waals surface area contributed by atoms with Gasteiger partial charge >= 0.3 is 0 Å². The van der Waals surface area contributed by atoms with Crippen LogP contribution in [-0.4, -0.2) is 40.9 Å². The fourth-order valence-electron chi connectivity index (χ4n) is 1.99. The molecule has 1 N–H and O–H groups in total. The van der Waals surface area contributed by atoms with Gasteiger partial charge in [0, 0.05) is 19.0 Å². The van der Waals surface area contributed by atoms with E-state index in [0.717, 1.165) is 19.1 Å². The lowest BCUT2D eigenvalue weighted by Gasteiger charge is -2.30. The number of ketones is 1. The number of hydrogen-bond donors (Lipinski definition) is 1. The first-order valence-electron chi connectivity index (χ1n) is 5.44. The van der Waals surface area contributed by atoms with Crippen LogP contribution in [0.4, 0.5) is 0 Å². The molecule has 6 heteroatoms. The molecular formula is C11H13N3O3. The molecule has 2 rings (SSSR count). The van der Waals surface area contributed by atoms with E-state index in [-0.39, 0.29) is 23.4 Å². The maximum atomic E-state index is 11.9. The van der Waals surface area contributed by atoms with Crippen LogP contribution in [0.1, 0.15) is 23.4 Å². The van der Waals surface area contributed by atoms with Crippen LogP contribution in [0.2, 0.25) is 0 Å². The Kier molecular flexibility index (Phi) is 3.32. The van der Waals surface area contributed by atoms with Gasteiger partial charge in [0.15, 0.2) is 12.2 Å². The Morgan fingerprint density at radius 3 is 3.06 bits per heavy atom. The van der Waals surface area contributed by atoms with Crippen LogP contribution in [0.5, 0.6) is 0 Å². The highest BCUT2D eigenvalue weighted by Crippen LogP contribution is 2.18. The molecule has 1 saturated heterocycles. The van der Waals surface area contributed by atoms with Gasteiger partial charge in [-0.25, -0.2) is 4.98 Å². The van der Waals surface area contributed by atoms with Crippen molar-refractivity contribution in [3.8, 4) is 0 Å². The minimum atomic E-state index is -0.256. The van der Waals surface area contributed by atoms with Crippen molar-refractivity contribution in [2.75, 3.05) is 13.1 Å². The Morgan fingerprint density at radius 1 is 1.59 bits per heavy atom. The molecule has 0 spiro atoms. The summed E-state index contributed by atoms with van der Waals surface area (Å²) in [5.41, 5.74) is 0. The van der Waals surface area contributed by atoms with Crippen molar-refractivity contribution >= 4 is 17.9 Å². The minimum Gasteiger partial charge on any atom is -0.438 e. The number of nitrogens with zero attached hydrogens (tertiary/aromatic N) is 2. The molecular weight excluding hydrogens is 222 g/mol. The van der Waals surface area contributed by atoms with E-state index in [2.05, 4.69) is 4.98 Å². The van der Waals surface area contributed by atoms with Crippen molar-refractivity contribution in [2.45, 2.75) is 12.8 Å². The lowest BCUT2D eigenvalue weighted by molar-refractivity contribution is -0.117. The molecule has 1 aliphatic rings. The van der Waals surface area contributed by atoms with Gasteiger partial charge in [0.2, 0.25) is 5.76 Å². The number of rotatable bonds is 3. The zero-order valence-electron chi connectivity index (χ0n) is 9.26. The van der Waals surface area contributed by atoms with Crippen LogP contribution in [0, 0.1) is 11.3 Å². The van der Waals surface area contributed by atoms with Gasteiger partial charge in [0.05, 0.1) is 12.4 Å². The molecule has 0 unspecified atom stereocenters. The molecule has 1 amide bonds. The van der Waals surface area contributed by atoms with Crippen molar-refractivity contribution in [1.29, 1.82) is 5.41 Å². The molecule has 1 aliphatic heterocycles. The standard InChI is InChI=1S/C11H13N3O3/c12-4-9(15)8-2-1-3-14(6-8)11(16)10-5-13-7-17-10/h4-5,7-8,12H,1-3,6H2/t8-/m0/s1. The first-order chi connectivity index (χ1) is 8.22. The van der Waals surface area contributed by atoms with Gasteiger partial charge in [-0.1, -0.05) is 0 Å². The minimum absolute atomic E-state index is 0.188. The summed E-state index contributed by atoms with van der Waals surface area (Å²) in [6.07, 6.45) is 4.90. The third-order valence-electron chi connectivity index (χ3n) is 2.90. The topological polar surface area (TPSA) is 87.3 Å². The Bertz CT molecular complexity index is 427. The third-order valence-corrected chi connectivity index (χ3v) is 2.90. The number of aromatic nitrogens is 1. The van der Waals surface area contributed by atoms with E-state index in [1.54, 1.807) is 4.90 Å². The van der Waals surface area contributed by atoms with Gasteiger partial charge in [-0.3, -0.25) is 9.59 Å². The van der Waals surface area contributed by atoms with Crippen LogP contribution in [-0.2, 0) is 4.79 Å². The fraction of sp³-hybridized carbons (Fsp3) is 0.455. The van der Waals surface area contributed by atoms with Crippen LogP contribution in [0.25, 0.3) is 0 Å². The van der Waals surface area contributed by atoms with Crippen molar-refractivity contribution in [2.24, 2.45) is 5.92 Å². The molecule has 17 heavy (non-hydrogen) atoms. The normalized spacial score (nSPS) is 20.0. The molecule has 6 nitrogen and oxygen atoms in total. The van der Waals surface area contributed by atoms with Gasteiger partial charge in [-0.05, 0) is 12.8 Å². The average molecular weight is 235 g/mol. The predicted molar refractivity (Wildman–Crippen MR) is 58.9 cm³/mol. The summed E-state index contributed by atoms with van der Waals surface area (Å²) in [4.78, 5) is 28.6. The molecule has 90 valence electrons. The lowest BCUT2D eigenvalue weighted by atomic mass is 9.94. The van der Waals surface area contributed by atoms with Crippen molar-refractivity contribution in [3.05, 3.63) is 18.4 Å². The SMILES string of the molecule is N=CC(=O)[C@H]1CCCN(C(=O)c2cnco2)C1. The van der Waals surface area contributed by atoms with E-state index >= 15 is 0 Å². The number of likely N-dealkylation sites (tertiary alicyclic amines) is 1. The number of oxazole rings is 1. The molecule has 1 aromatic rings. The molecule has 0 radical (unpaired) electrons. The molecule has 1 aromatic heterocycles. The number of carbonyl (C=O) groups excluding carboxylic acids is 2. The van der Waals surface area contributed by atoms with E-state index in [4.69, 9.17) is 9.83 Å². The molecule has 0 saturated carbocycles. The van der Waals surface area contributed by atoms with Crippen molar-refractivity contribution in [1.82, 2.24) is 9.88 Å². The van der Waals surface area contributed by atoms with E-state index in [9.17, 15) is 9.59 Å². The molecule has 0 aromatic carbocycles. The molecule has 1 atom stereocenters. The zero-order chi connectivity index (χ0) is 12.3. The fourth-order valence-corrected chi connectivity index (χ4v) is 1.99. The Morgan fingerprint density at radius 2 is 2.41 bits per heavy atom. The molecule has 0 aliphatic carbocycles. The molecule has 1 fully saturated rings. The second kappa shape index (κ2) is 4.90.